The Morgan fingerprint density at radius 1 is 1.35 bits per heavy atom. The molecule has 0 aliphatic rings. The van der Waals surface area contributed by atoms with Crippen molar-refractivity contribution in [1.29, 1.82) is 0 Å². The van der Waals surface area contributed by atoms with Crippen LogP contribution in [0, 0.1) is 13.8 Å². The second-order valence-electron chi connectivity index (χ2n) is 4.73. The molecule has 0 radical (unpaired) electrons. The van der Waals surface area contributed by atoms with Gasteiger partial charge in [-0.3, -0.25) is 0 Å². The van der Waals surface area contributed by atoms with Gasteiger partial charge in [0.15, 0.2) is 0 Å². The van der Waals surface area contributed by atoms with Gasteiger partial charge in [-0.1, -0.05) is 15.9 Å². The van der Waals surface area contributed by atoms with Crippen molar-refractivity contribution in [1.82, 2.24) is 14.9 Å². The molecule has 0 saturated heterocycles. The summed E-state index contributed by atoms with van der Waals surface area (Å²) in [6.45, 7) is 6.47. The molecule has 5 heteroatoms. The van der Waals surface area contributed by atoms with Crippen LogP contribution in [-0.4, -0.2) is 29.8 Å². The fourth-order valence-corrected chi connectivity index (χ4v) is 2.48. The molecule has 0 aliphatic carbocycles. The zero-order valence-corrected chi connectivity index (χ0v) is 13.7. The largest absolute Gasteiger partial charge is 0.383 e. The first-order chi connectivity index (χ1) is 9.63. The van der Waals surface area contributed by atoms with Crippen LogP contribution >= 0.6 is 15.9 Å². The molecule has 1 aromatic carbocycles. The normalized spacial score (nSPS) is 11.0. The van der Waals surface area contributed by atoms with E-state index in [1.54, 1.807) is 7.11 Å². The summed E-state index contributed by atoms with van der Waals surface area (Å²) in [4.78, 5) is 4.38. The van der Waals surface area contributed by atoms with Gasteiger partial charge in [0.05, 0.1) is 24.3 Å². The summed E-state index contributed by atoms with van der Waals surface area (Å²) in [7, 11) is 1.71. The molecular weight excluding hydrogens is 318 g/mol. The minimum absolute atomic E-state index is 0.715. The highest BCUT2D eigenvalue weighted by molar-refractivity contribution is 9.10. The third-order valence-corrected chi connectivity index (χ3v) is 3.84. The van der Waals surface area contributed by atoms with E-state index in [2.05, 4.69) is 55.9 Å². The lowest BCUT2D eigenvalue weighted by Gasteiger charge is -2.13. The van der Waals surface area contributed by atoms with Crippen molar-refractivity contribution >= 4 is 15.9 Å². The summed E-state index contributed by atoms with van der Waals surface area (Å²) in [6.07, 6.45) is 1.88. The maximum absolute atomic E-state index is 5.05. The molecule has 0 aliphatic heterocycles. The van der Waals surface area contributed by atoms with Crippen LogP contribution in [0.3, 0.4) is 0 Å². The number of aryl methyl sites for hydroxylation is 1. The summed E-state index contributed by atoms with van der Waals surface area (Å²) in [6, 6.07) is 6.32. The Morgan fingerprint density at radius 2 is 2.15 bits per heavy atom. The molecule has 108 valence electrons. The first kappa shape index (κ1) is 15.2. The number of hydrogen-bond acceptors (Lipinski definition) is 3. The molecule has 0 amide bonds. The Morgan fingerprint density at radius 3 is 2.80 bits per heavy atom. The molecule has 1 N–H and O–H groups in total. The van der Waals surface area contributed by atoms with Gasteiger partial charge < -0.3 is 14.6 Å². The average molecular weight is 338 g/mol. The van der Waals surface area contributed by atoms with Crippen LogP contribution in [0.1, 0.15) is 17.0 Å². The van der Waals surface area contributed by atoms with Gasteiger partial charge in [-0.2, -0.15) is 0 Å². The summed E-state index contributed by atoms with van der Waals surface area (Å²) >= 11 is 3.54. The van der Waals surface area contributed by atoms with Gasteiger partial charge in [0.25, 0.3) is 0 Å². The third kappa shape index (κ3) is 3.48. The van der Waals surface area contributed by atoms with Gasteiger partial charge in [-0.15, -0.1) is 0 Å². The quantitative estimate of drug-likeness (QED) is 0.823. The van der Waals surface area contributed by atoms with Crippen LogP contribution in [0.4, 0.5) is 0 Å². The lowest BCUT2D eigenvalue weighted by molar-refractivity contribution is 0.199. The molecule has 0 atom stereocenters. The van der Waals surface area contributed by atoms with E-state index in [1.807, 2.05) is 13.3 Å². The molecule has 2 rings (SSSR count). The monoisotopic (exact) mass is 337 g/mol. The SMILES string of the molecule is COCCNCc1cc(Br)ccc1-n1cnc(C)c1C. The van der Waals surface area contributed by atoms with E-state index in [4.69, 9.17) is 4.74 Å². The fourth-order valence-electron chi connectivity index (χ4n) is 2.07. The first-order valence-electron chi connectivity index (χ1n) is 6.62. The lowest BCUT2D eigenvalue weighted by Crippen LogP contribution is -2.19. The summed E-state index contributed by atoms with van der Waals surface area (Å²) < 4.78 is 8.27. The van der Waals surface area contributed by atoms with E-state index in [-0.39, 0.29) is 0 Å². The van der Waals surface area contributed by atoms with E-state index in [1.165, 1.54) is 11.3 Å². The van der Waals surface area contributed by atoms with Crippen LogP contribution in [-0.2, 0) is 11.3 Å². The molecule has 1 aromatic heterocycles. The second-order valence-corrected chi connectivity index (χ2v) is 5.64. The molecule has 0 unspecified atom stereocenters. The average Bonchev–Trinajstić information content (AvgIpc) is 2.76. The highest BCUT2D eigenvalue weighted by Gasteiger charge is 2.09. The highest BCUT2D eigenvalue weighted by Crippen LogP contribution is 2.22. The zero-order valence-electron chi connectivity index (χ0n) is 12.1. The Labute approximate surface area is 128 Å². The number of nitrogens with zero attached hydrogens (tertiary/aromatic N) is 2. The van der Waals surface area contributed by atoms with E-state index < -0.39 is 0 Å². The third-order valence-electron chi connectivity index (χ3n) is 3.35. The fraction of sp³-hybridized carbons (Fsp3) is 0.400. The molecule has 0 bridgehead atoms. The number of methoxy groups -OCH3 is 1. The van der Waals surface area contributed by atoms with E-state index in [0.717, 1.165) is 28.9 Å². The lowest BCUT2D eigenvalue weighted by atomic mass is 10.1. The van der Waals surface area contributed by atoms with Crippen molar-refractivity contribution in [2.45, 2.75) is 20.4 Å². The minimum atomic E-state index is 0.715. The number of nitrogens with one attached hydrogen (secondary N) is 1. The zero-order chi connectivity index (χ0) is 14.5. The molecule has 2 aromatic rings. The van der Waals surface area contributed by atoms with Crippen molar-refractivity contribution in [3.63, 3.8) is 0 Å². The standard InChI is InChI=1S/C15H20BrN3O/c1-11-12(2)19(10-18-11)15-5-4-14(16)8-13(15)9-17-6-7-20-3/h4-5,8,10,17H,6-7,9H2,1-3H3. The van der Waals surface area contributed by atoms with E-state index >= 15 is 0 Å². The molecule has 0 saturated carbocycles. The number of imidazole rings is 1. The number of benzene rings is 1. The number of rotatable bonds is 6. The summed E-state index contributed by atoms with van der Waals surface area (Å²) in [5.41, 5.74) is 4.63. The smallest absolute Gasteiger partial charge is 0.0997 e. The van der Waals surface area contributed by atoms with Crippen LogP contribution in [0.2, 0.25) is 0 Å². The van der Waals surface area contributed by atoms with Crippen molar-refractivity contribution in [2.24, 2.45) is 0 Å². The molecule has 0 spiro atoms. The highest BCUT2D eigenvalue weighted by atomic mass is 79.9. The summed E-state index contributed by atoms with van der Waals surface area (Å²) in [5.74, 6) is 0. The van der Waals surface area contributed by atoms with Crippen LogP contribution in [0.5, 0.6) is 0 Å². The van der Waals surface area contributed by atoms with Crippen molar-refractivity contribution in [3.8, 4) is 5.69 Å². The molecule has 0 fully saturated rings. The van der Waals surface area contributed by atoms with Crippen molar-refractivity contribution in [3.05, 3.63) is 46.0 Å². The summed E-state index contributed by atoms with van der Waals surface area (Å²) in [5, 5.41) is 3.39. The Hall–Kier alpha value is -1.17. The molecule has 20 heavy (non-hydrogen) atoms. The number of ether oxygens (including phenoxy) is 1. The van der Waals surface area contributed by atoms with Gasteiger partial charge >= 0.3 is 0 Å². The first-order valence-corrected chi connectivity index (χ1v) is 7.41. The predicted molar refractivity (Wildman–Crippen MR) is 84.3 cm³/mol. The van der Waals surface area contributed by atoms with E-state index in [0.29, 0.717) is 6.61 Å². The van der Waals surface area contributed by atoms with Gasteiger partial charge in [0.2, 0.25) is 0 Å². The molecular formula is C15H20BrN3O. The number of aromatic nitrogens is 2. The second kappa shape index (κ2) is 7.02. The molecule has 1 heterocycles. The van der Waals surface area contributed by atoms with Crippen LogP contribution < -0.4 is 5.32 Å². The van der Waals surface area contributed by atoms with Gasteiger partial charge in [-0.05, 0) is 37.6 Å². The minimum Gasteiger partial charge on any atom is -0.383 e. The van der Waals surface area contributed by atoms with E-state index in [9.17, 15) is 0 Å². The van der Waals surface area contributed by atoms with Gasteiger partial charge in [-0.25, -0.2) is 4.98 Å². The Bertz CT molecular complexity index is 580. The predicted octanol–water partition coefficient (Wildman–Crippen LogP) is 2.99. The van der Waals surface area contributed by atoms with Crippen molar-refractivity contribution < 1.29 is 4.74 Å². The Balaban J connectivity index is 2.26. The number of halogens is 1. The maximum Gasteiger partial charge on any atom is 0.0997 e. The van der Waals surface area contributed by atoms with Crippen LogP contribution in [0.25, 0.3) is 5.69 Å². The topological polar surface area (TPSA) is 39.1 Å². The molecule has 4 nitrogen and oxygen atoms in total. The van der Waals surface area contributed by atoms with Gasteiger partial charge in [0, 0.05) is 30.4 Å². The van der Waals surface area contributed by atoms with Gasteiger partial charge in [0.1, 0.15) is 0 Å². The maximum atomic E-state index is 5.05. The van der Waals surface area contributed by atoms with Crippen molar-refractivity contribution in [2.75, 3.05) is 20.3 Å². The Kier molecular flexibility index (Phi) is 5.34. The van der Waals surface area contributed by atoms with Crippen LogP contribution in [0.15, 0.2) is 29.0 Å². The number of hydrogen-bond donors (Lipinski definition) is 1.